The number of sulfone groups is 1. The van der Waals surface area contributed by atoms with Gasteiger partial charge in [0.1, 0.15) is 5.82 Å². The summed E-state index contributed by atoms with van der Waals surface area (Å²) in [6.45, 7) is 1.59. The van der Waals surface area contributed by atoms with Crippen molar-refractivity contribution in [2.24, 2.45) is 0 Å². The van der Waals surface area contributed by atoms with E-state index in [4.69, 9.17) is 5.10 Å². The van der Waals surface area contributed by atoms with Crippen LogP contribution in [-0.2, 0) is 22.7 Å². The number of aromatic nitrogens is 3. The summed E-state index contributed by atoms with van der Waals surface area (Å²) in [5.41, 5.74) is 3.16. The lowest BCUT2D eigenvalue weighted by molar-refractivity contribution is 0.102. The Labute approximate surface area is 183 Å². The molecule has 0 saturated heterocycles. The van der Waals surface area contributed by atoms with Crippen LogP contribution in [0.15, 0.2) is 53.4 Å². The van der Waals surface area contributed by atoms with Crippen molar-refractivity contribution in [2.45, 2.75) is 31.1 Å². The number of benzene rings is 2. The molecule has 1 amide bonds. The number of amides is 1. The number of thiazole rings is 1. The number of rotatable bonds is 5. The van der Waals surface area contributed by atoms with Gasteiger partial charge in [0.15, 0.2) is 9.84 Å². The molecule has 2 heterocycles. The lowest BCUT2D eigenvalue weighted by Crippen LogP contribution is -2.17. The van der Waals surface area contributed by atoms with E-state index in [9.17, 15) is 13.2 Å². The van der Waals surface area contributed by atoms with Gasteiger partial charge in [-0.3, -0.25) is 4.79 Å². The highest BCUT2D eigenvalue weighted by atomic mass is 32.2. The van der Waals surface area contributed by atoms with E-state index in [-0.39, 0.29) is 16.6 Å². The SMILES string of the molecule is CCS(=O)(=O)c1cccc(C(=O)Nc2c3c(nn2-c2nc4ccccc4s2)CCC3)c1. The van der Waals surface area contributed by atoms with Gasteiger partial charge in [0, 0.05) is 11.1 Å². The van der Waals surface area contributed by atoms with Crippen molar-refractivity contribution in [2.75, 3.05) is 11.1 Å². The van der Waals surface area contributed by atoms with E-state index in [2.05, 4.69) is 10.3 Å². The van der Waals surface area contributed by atoms with Gasteiger partial charge in [0.25, 0.3) is 5.91 Å². The topological polar surface area (TPSA) is 94.0 Å². The molecule has 1 aliphatic carbocycles. The van der Waals surface area contributed by atoms with Crippen LogP contribution < -0.4 is 5.32 Å². The van der Waals surface area contributed by atoms with E-state index in [0.29, 0.717) is 16.5 Å². The Morgan fingerprint density at radius 2 is 2.00 bits per heavy atom. The van der Waals surface area contributed by atoms with Crippen LogP contribution in [0, 0.1) is 0 Å². The third-order valence-corrected chi connectivity index (χ3v) is 8.18. The summed E-state index contributed by atoms with van der Waals surface area (Å²) in [5.74, 6) is 0.223. The number of carbonyl (C=O) groups is 1. The van der Waals surface area contributed by atoms with Crippen molar-refractivity contribution >= 4 is 43.1 Å². The predicted octanol–water partition coefficient (Wildman–Crippen LogP) is 4.02. The molecule has 0 unspecified atom stereocenters. The van der Waals surface area contributed by atoms with E-state index >= 15 is 0 Å². The van der Waals surface area contributed by atoms with Gasteiger partial charge in [-0.25, -0.2) is 13.4 Å². The van der Waals surface area contributed by atoms with Crippen molar-refractivity contribution in [3.05, 3.63) is 65.4 Å². The maximum atomic E-state index is 13.1. The normalized spacial score (nSPS) is 13.5. The third kappa shape index (κ3) is 3.53. The first-order chi connectivity index (χ1) is 15.0. The molecule has 0 fully saturated rings. The monoisotopic (exact) mass is 452 g/mol. The quantitative estimate of drug-likeness (QED) is 0.494. The number of carbonyl (C=O) groups excluding carboxylic acids is 1. The second-order valence-electron chi connectivity index (χ2n) is 7.39. The summed E-state index contributed by atoms with van der Waals surface area (Å²) >= 11 is 1.51. The minimum atomic E-state index is -3.40. The molecule has 0 radical (unpaired) electrons. The minimum absolute atomic E-state index is 0.0179. The van der Waals surface area contributed by atoms with Gasteiger partial charge < -0.3 is 5.32 Å². The Morgan fingerprint density at radius 1 is 1.16 bits per heavy atom. The highest BCUT2D eigenvalue weighted by Gasteiger charge is 2.26. The summed E-state index contributed by atoms with van der Waals surface area (Å²) in [5, 5.41) is 8.40. The Morgan fingerprint density at radius 3 is 2.81 bits per heavy atom. The number of hydrogen-bond acceptors (Lipinski definition) is 6. The predicted molar refractivity (Wildman–Crippen MR) is 121 cm³/mol. The maximum absolute atomic E-state index is 13.1. The second kappa shape index (κ2) is 7.58. The molecule has 1 aliphatic rings. The first-order valence-corrected chi connectivity index (χ1v) is 12.5. The largest absolute Gasteiger partial charge is 0.306 e. The molecule has 0 aliphatic heterocycles. The molecular formula is C22H20N4O3S2. The van der Waals surface area contributed by atoms with Crippen LogP contribution in [0.4, 0.5) is 5.82 Å². The molecule has 0 spiro atoms. The van der Waals surface area contributed by atoms with Crippen LogP contribution in [0.3, 0.4) is 0 Å². The molecular weight excluding hydrogens is 432 g/mol. The van der Waals surface area contributed by atoms with Gasteiger partial charge in [-0.2, -0.15) is 9.78 Å². The van der Waals surface area contributed by atoms with Gasteiger partial charge >= 0.3 is 0 Å². The molecule has 0 bridgehead atoms. The number of aryl methyl sites for hydroxylation is 1. The lowest BCUT2D eigenvalue weighted by Gasteiger charge is -2.10. The van der Waals surface area contributed by atoms with Crippen molar-refractivity contribution in [1.82, 2.24) is 14.8 Å². The Kier molecular flexibility index (Phi) is 4.86. The first-order valence-electron chi connectivity index (χ1n) is 10.1. The Bertz CT molecular complexity index is 1390. The second-order valence-corrected chi connectivity index (χ2v) is 10.7. The molecule has 1 N–H and O–H groups in total. The van der Waals surface area contributed by atoms with Gasteiger partial charge in [-0.05, 0) is 49.6 Å². The molecule has 2 aromatic carbocycles. The lowest BCUT2D eigenvalue weighted by atomic mass is 10.2. The summed E-state index contributed by atoms with van der Waals surface area (Å²) in [6.07, 6.45) is 2.69. The number of fused-ring (bicyclic) bond motifs is 2. The van der Waals surface area contributed by atoms with E-state index in [1.807, 2.05) is 24.3 Å². The van der Waals surface area contributed by atoms with E-state index < -0.39 is 9.84 Å². The zero-order valence-corrected chi connectivity index (χ0v) is 18.5. The maximum Gasteiger partial charge on any atom is 0.256 e. The molecule has 158 valence electrons. The molecule has 4 aromatic rings. The molecule has 9 heteroatoms. The summed E-state index contributed by atoms with van der Waals surface area (Å²) in [4.78, 5) is 17.9. The molecule has 7 nitrogen and oxygen atoms in total. The van der Waals surface area contributed by atoms with Gasteiger partial charge in [0.2, 0.25) is 5.13 Å². The molecule has 31 heavy (non-hydrogen) atoms. The van der Waals surface area contributed by atoms with Crippen LogP contribution in [0.25, 0.3) is 15.3 Å². The fourth-order valence-electron chi connectivity index (χ4n) is 3.79. The fourth-order valence-corrected chi connectivity index (χ4v) is 5.64. The van der Waals surface area contributed by atoms with Crippen molar-refractivity contribution in [3.63, 3.8) is 0 Å². The summed E-state index contributed by atoms with van der Waals surface area (Å²) in [7, 11) is -3.40. The third-order valence-electron chi connectivity index (χ3n) is 5.44. The van der Waals surface area contributed by atoms with Crippen molar-refractivity contribution < 1.29 is 13.2 Å². The fraction of sp³-hybridized carbons (Fsp3) is 0.227. The molecule has 0 atom stereocenters. The average Bonchev–Trinajstić information content (AvgIpc) is 3.49. The zero-order valence-electron chi connectivity index (χ0n) is 16.8. The van der Waals surface area contributed by atoms with Crippen molar-refractivity contribution in [3.8, 4) is 5.13 Å². The molecule has 0 saturated carbocycles. The van der Waals surface area contributed by atoms with Crippen LogP contribution in [-0.4, -0.2) is 34.8 Å². The smallest absolute Gasteiger partial charge is 0.256 e. The average molecular weight is 453 g/mol. The van der Waals surface area contributed by atoms with E-state index in [0.717, 1.165) is 40.7 Å². The Hall–Kier alpha value is -3.04. The number of para-hydroxylation sites is 1. The first kappa shape index (κ1) is 19.9. The van der Waals surface area contributed by atoms with Crippen LogP contribution in [0.5, 0.6) is 0 Å². The number of hydrogen-bond donors (Lipinski definition) is 1. The standard InChI is InChI=1S/C22H20N4O3S2/c1-2-31(28,29)15-8-5-7-14(13-15)21(27)24-20-16-9-6-11-17(16)25-26(20)22-23-18-10-3-4-12-19(18)30-22/h3-5,7-8,10,12-13H,2,6,9,11H2,1H3,(H,24,27). The van der Waals surface area contributed by atoms with E-state index in [1.165, 1.54) is 23.5 Å². The zero-order chi connectivity index (χ0) is 21.6. The number of nitrogens with one attached hydrogen (secondary N) is 1. The Balaban J connectivity index is 1.54. The molecule has 2 aromatic heterocycles. The van der Waals surface area contributed by atoms with Crippen LogP contribution >= 0.6 is 11.3 Å². The van der Waals surface area contributed by atoms with Crippen molar-refractivity contribution in [1.29, 1.82) is 0 Å². The summed E-state index contributed by atoms with van der Waals surface area (Å²) in [6, 6.07) is 14.0. The van der Waals surface area contributed by atoms with Gasteiger partial charge in [-0.1, -0.05) is 36.5 Å². The van der Waals surface area contributed by atoms with Gasteiger partial charge in [0.05, 0.1) is 26.6 Å². The highest BCUT2D eigenvalue weighted by molar-refractivity contribution is 7.91. The summed E-state index contributed by atoms with van der Waals surface area (Å²) < 4.78 is 27.2. The number of nitrogens with zero attached hydrogens (tertiary/aromatic N) is 3. The van der Waals surface area contributed by atoms with Crippen LogP contribution in [0.2, 0.25) is 0 Å². The van der Waals surface area contributed by atoms with E-state index in [1.54, 1.807) is 23.7 Å². The molecule has 5 rings (SSSR count). The van der Waals surface area contributed by atoms with Gasteiger partial charge in [-0.15, -0.1) is 0 Å². The van der Waals surface area contributed by atoms with Crippen LogP contribution in [0.1, 0.15) is 35.0 Å². The minimum Gasteiger partial charge on any atom is -0.306 e. The number of anilines is 1. The highest BCUT2D eigenvalue weighted by Crippen LogP contribution is 2.34.